The van der Waals surface area contributed by atoms with Gasteiger partial charge in [0.05, 0.1) is 0 Å². The van der Waals surface area contributed by atoms with Crippen LogP contribution in [0.15, 0.2) is 24.3 Å². The van der Waals surface area contributed by atoms with Gasteiger partial charge >= 0.3 is 0 Å². The highest BCUT2D eigenvalue weighted by Gasteiger charge is 2.17. The van der Waals surface area contributed by atoms with Crippen LogP contribution in [0.5, 0.6) is 0 Å². The van der Waals surface area contributed by atoms with Gasteiger partial charge in [-0.15, -0.1) is 0 Å². The van der Waals surface area contributed by atoms with Crippen LogP contribution in [-0.2, 0) is 13.1 Å². The largest absolute Gasteiger partial charge is 0.316 e. The number of nitrogens with zero attached hydrogens (tertiary/aromatic N) is 1. The van der Waals surface area contributed by atoms with Crippen LogP contribution in [0, 0.1) is 0 Å². The Hall–Kier alpha value is -0.860. The number of rotatable bonds is 5. The first-order valence-electron chi connectivity index (χ1n) is 7.22. The third-order valence-electron chi connectivity index (χ3n) is 4.00. The maximum absolute atomic E-state index is 3.21. The molecule has 100 valence electrons. The van der Waals surface area contributed by atoms with Gasteiger partial charge in [-0.1, -0.05) is 43.5 Å². The van der Waals surface area contributed by atoms with E-state index in [9.17, 15) is 0 Å². The standard InChI is InChI=1S/C16H26N2/c1-17-12-14-7-6-8-15(11-14)13-18(2)16-9-4-3-5-10-16/h6-8,11,16-17H,3-5,9-10,12-13H2,1-2H3. The predicted molar refractivity (Wildman–Crippen MR) is 77.5 cm³/mol. The molecule has 1 saturated carbocycles. The summed E-state index contributed by atoms with van der Waals surface area (Å²) in [5, 5.41) is 3.21. The van der Waals surface area contributed by atoms with E-state index in [1.807, 2.05) is 7.05 Å². The predicted octanol–water partition coefficient (Wildman–Crippen LogP) is 3.17. The molecule has 2 heteroatoms. The van der Waals surface area contributed by atoms with Crippen molar-refractivity contribution in [2.24, 2.45) is 0 Å². The van der Waals surface area contributed by atoms with E-state index < -0.39 is 0 Å². The summed E-state index contributed by atoms with van der Waals surface area (Å²) < 4.78 is 0. The van der Waals surface area contributed by atoms with Gasteiger partial charge in [-0.25, -0.2) is 0 Å². The van der Waals surface area contributed by atoms with Crippen LogP contribution in [0.1, 0.15) is 43.2 Å². The van der Waals surface area contributed by atoms with Crippen molar-refractivity contribution in [2.75, 3.05) is 14.1 Å². The summed E-state index contributed by atoms with van der Waals surface area (Å²) in [6.45, 7) is 2.04. The van der Waals surface area contributed by atoms with Gasteiger partial charge < -0.3 is 5.32 Å². The molecule has 1 aromatic carbocycles. The van der Waals surface area contributed by atoms with Crippen LogP contribution in [0.4, 0.5) is 0 Å². The van der Waals surface area contributed by atoms with Crippen molar-refractivity contribution in [3.8, 4) is 0 Å². The third kappa shape index (κ3) is 3.82. The van der Waals surface area contributed by atoms with E-state index in [1.165, 1.54) is 43.2 Å². The molecule has 0 atom stereocenters. The second kappa shape index (κ2) is 6.91. The minimum atomic E-state index is 0.798. The molecular weight excluding hydrogens is 220 g/mol. The van der Waals surface area contributed by atoms with Gasteiger partial charge in [-0.2, -0.15) is 0 Å². The Morgan fingerprint density at radius 2 is 1.89 bits per heavy atom. The van der Waals surface area contributed by atoms with E-state index in [2.05, 4.69) is 41.5 Å². The van der Waals surface area contributed by atoms with E-state index in [4.69, 9.17) is 0 Å². The number of nitrogens with one attached hydrogen (secondary N) is 1. The van der Waals surface area contributed by atoms with E-state index in [0.29, 0.717) is 0 Å². The smallest absolute Gasteiger partial charge is 0.0233 e. The minimum absolute atomic E-state index is 0.798. The van der Waals surface area contributed by atoms with E-state index >= 15 is 0 Å². The van der Waals surface area contributed by atoms with Gasteiger partial charge in [0.15, 0.2) is 0 Å². The summed E-state index contributed by atoms with van der Waals surface area (Å²) in [7, 11) is 4.28. The summed E-state index contributed by atoms with van der Waals surface area (Å²) >= 11 is 0. The van der Waals surface area contributed by atoms with E-state index in [-0.39, 0.29) is 0 Å². The first-order chi connectivity index (χ1) is 8.79. The molecule has 1 fully saturated rings. The highest BCUT2D eigenvalue weighted by atomic mass is 15.1. The zero-order valence-electron chi connectivity index (χ0n) is 11.8. The quantitative estimate of drug-likeness (QED) is 0.858. The van der Waals surface area contributed by atoms with Crippen LogP contribution in [0.3, 0.4) is 0 Å². The Kier molecular flexibility index (Phi) is 5.21. The molecule has 0 unspecified atom stereocenters. The Balaban J connectivity index is 1.93. The van der Waals surface area contributed by atoms with Crippen LogP contribution in [0.2, 0.25) is 0 Å². The van der Waals surface area contributed by atoms with Gasteiger partial charge in [0.1, 0.15) is 0 Å². The lowest BCUT2D eigenvalue weighted by Gasteiger charge is -2.31. The second-order valence-corrected chi connectivity index (χ2v) is 5.56. The van der Waals surface area contributed by atoms with Crippen molar-refractivity contribution in [3.05, 3.63) is 35.4 Å². The third-order valence-corrected chi connectivity index (χ3v) is 4.00. The SMILES string of the molecule is CNCc1cccc(CN(C)C2CCCCC2)c1. The lowest BCUT2D eigenvalue weighted by atomic mass is 9.94. The molecule has 0 aromatic heterocycles. The molecule has 1 aliphatic carbocycles. The fraction of sp³-hybridized carbons (Fsp3) is 0.625. The van der Waals surface area contributed by atoms with Crippen molar-refractivity contribution in [1.82, 2.24) is 10.2 Å². The first kappa shape index (κ1) is 13.6. The number of hydrogen-bond acceptors (Lipinski definition) is 2. The first-order valence-corrected chi connectivity index (χ1v) is 7.22. The molecule has 0 radical (unpaired) electrons. The van der Waals surface area contributed by atoms with E-state index in [1.54, 1.807) is 0 Å². The topological polar surface area (TPSA) is 15.3 Å². The van der Waals surface area contributed by atoms with Crippen LogP contribution in [-0.4, -0.2) is 25.0 Å². The summed E-state index contributed by atoms with van der Waals surface area (Å²) in [4.78, 5) is 2.54. The molecule has 0 heterocycles. The van der Waals surface area contributed by atoms with Gasteiger partial charge in [0, 0.05) is 19.1 Å². The fourth-order valence-corrected chi connectivity index (χ4v) is 2.98. The lowest BCUT2D eigenvalue weighted by Crippen LogP contribution is -2.32. The maximum atomic E-state index is 3.21. The fourth-order valence-electron chi connectivity index (χ4n) is 2.98. The van der Waals surface area contributed by atoms with Gasteiger partial charge in [0.2, 0.25) is 0 Å². The monoisotopic (exact) mass is 246 g/mol. The lowest BCUT2D eigenvalue weighted by molar-refractivity contribution is 0.184. The number of hydrogen-bond donors (Lipinski definition) is 1. The highest BCUT2D eigenvalue weighted by Crippen LogP contribution is 2.22. The van der Waals surface area contributed by atoms with Crippen molar-refractivity contribution < 1.29 is 0 Å². The van der Waals surface area contributed by atoms with Crippen molar-refractivity contribution in [3.63, 3.8) is 0 Å². The van der Waals surface area contributed by atoms with Crippen molar-refractivity contribution >= 4 is 0 Å². The van der Waals surface area contributed by atoms with E-state index in [0.717, 1.165) is 19.1 Å². The van der Waals surface area contributed by atoms with Crippen molar-refractivity contribution in [2.45, 2.75) is 51.2 Å². The van der Waals surface area contributed by atoms with Crippen LogP contribution < -0.4 is 5.32 Å². The minimum Gasteiger partial charge on any atom is -0.316 e. The zero-order chi connectivity index (χ0) is 12.8. The van der Waals surface area contributed by atoms with Gasteiger partial charge in [-0.3, -0.25) is 4.90 Å². The Labute approximate surface area is 111 Å². The summed E-state index contributed by atoms with van der Waals surface area (Å²) in [5.74, 6) is 0. The molecule has 18 heavy (non-hydrogen) atoms. The molecule has 0 spiro atoms. The molecule has 0 aliphatic heterocycles. The molecule has 0 saturated heterocycles. The molecule has 0 amide bonds. The molecule has 0 bridgehead atoms. The summed E-state index contributed by atoms with van der Waals surface area (Å²) in [5.41, 5.74) is 2.82. The van der Waals surface area contributed by atoms with Gasteiger partial charge in [0.25, 0.3) is 0 Å². The molecule has 2 nitrogen and oxygen atoms in total. The maximum Gasteiger partial charge on any atom is 0.0233 e. The molecule has 1 N–H and O–H groups in total. The molecular formula is C16H26N2. The highest BCUT2D eigenvalue weighted by molar-refractivity contribution is 5.23. The van der Waals surface area contributed by atoms with Gasteiger partial charge in [-0.05, 0) is 38.1 Å². The van der Waals surface area contributed by atoms with Crippen molar-refractivity contribution in [1.29, 1.82) is 0 Å². The molecule has 2 rings (SSSR count). The normalized spacial score (nSPS) is 17.3. The molecule has 1 aliphatic rings. The Morgan fingerprint density at radius 1 is 1.17 bits per heavy atom. The summed E-state index contributed by atoms with van der Waals surface area (Å²) in [6, 6.07) is 9.75. The zero-order valence-corrected chi connectivity index (χ0v) is 11.8. The van der Waals surface area contributed by atoms with Crippen LogP contribution >= 0.6 is 0 Å². The van der Waals surface area contributed by atoms with Crippen LogP contribution in [0.25, 0.3) is 0 Å². The average Bonchev–Trinajstić information content (AvgIpc) is 2.40. The average molecular weight is 246 g/mol. The number of benzene rings is 1. The molecule has 1 aromatic rings. The Bertz CT molecular complexity index is 356. The Morgan fingerprint density at radius 3 is 2.61 bits per heavy atom. The summed E-state index contributed by atoms with van der Waals surface area (Å²) in [6.07, 6.45) is 7.02. The second-order valence-electron chi connectivity index (χ2n) is 5.56.